The lowest BCUT2D eigenvalue weighted by atomic mass is 10.0. The minimum atomic E-state index is 0.546. The van der Waals surface area contributed by atoms with E-state index in [1.165, 1.54) is 6.42 Å². The van der Waals surface area contributed by atoms with Crippen LogP contribution in [0.25, 0.3) is 0 Å². The van der Waals surface area contributed by atoms with E-state index in [1.54, 1.807) is 0 Å². The summed E-state index contributed by atoms with van der Waals surface area (Å²) in [6.07, 6.45) is 2.38. The van der Waals surface area contributed by atoms with Crippen molar-refractivity contribution in [3.8, 4) is 0 Å². The van der Waals surface area contributed by atoms with Gasteiger partial charge >= 0.3 is 0 Å². The number of aryl methyl sites for hydroxylation is 1. The molecule has 0 aromatic carbocycles. The second-order valence-corrected chi connectivity index (χ2v) is 5.33. The van der Waals surface area contributed by atoms with Crippen molar-refractivity contribution in [3.63, 3.8) is 0 Å². The molecule has 1 aromatic rings. The molecule has 100 valence electrons. The smallest absolute Gasteiger partial charge is 0.137 e. The zero-order valence-corrected chi connectivity index (χ0v) is 12.0. The third-order valence-electron chi connectivity index (χ3n) is 3.32. The summed E-state index contributed by atoms with van der Waals surface area (Å²) in [5, 5.41) is 0.546. The fraction of sp³-hybridized carbons (Fsp3) is 0.692. The van der Waals surface area contributed by atoms with Crippen LogP contribution in [0.5, 0.6) is 0 Å². The molecule has 2 heterocycles. The molecule has 0 aliphatic carbocycles. The molecule has 1 atom stereocenters. The molecule has 18 heavy (non-hydrogen) atoms. The second kappa shape index (κ2) is 5.85. The molecular formula is C13H20ClN3O. The summed E-state index contributed by atoms with van der Waals surface area (Å²) in [7, 11) is 2.06. The molecule has 4 nitrogen and oxygen atoms in total. The standard InChI is InChI=1S/C13H20ClN3O/c1-9-12(14)15-10(2)16-13(9)17(3)7-11-5-4-6-18-8-11/h11H,4-8H2,1-3H3. The van der Waals surface area contributed by atoms with Gasteiger partial charge in [0.2, 0.25) is 0 Å². The fourth-order valence-corrected chi connectivity index (χ4v) is 2.58. The zero-order chi connectivity index (χ0) is 13.1. The lowest BCUT2D eigenvalue weighted by molar-refractivity contribution is 0.0576. The number of ether oxygens (including phenoxy) is 1. The van der Waals surface area contributed by atoms with Crippen molar-refractivity contribution >= 4 is 17.4 Å². The highest BCUT2D eigenvalue weighted by atomic mass is 35.5. The average Bonchev–Trinajstić information content (AvgIpc) is 2.35. The maximum Gasteiger partial charge on any atom is 0.137 e. The lowest BCUT2D eigenvalue weighted by Gasteiger charge is -2.28. The molecule has 5 heteroatoms. The lowest BCUT2D eigenvalue weighted by Crippen LogP contribution is -2.32. The van der Waals surface area contributed by atoms with Crippen LogP contribution in [0.3, 0.4) is 0 Å². The number of halogens is 1. The zero-order valence-electron chi connectivity index (χ0n) is 11.2. The molecule has 0 saturated carbocycles. The Labute approximate surface area is 113 Å². The first kappa shape index (κ1) is 13.6. The first-order chi connectivity index (χ1) is 8.58. The summed E-state index contributed by atoms with van der Waals surface area (Å²) in [4.78, 5) is 10.8. The van der Waals surface area contributed by atoms with Crippen molar-refractivity contribution in [1.29, 1.82) is 0 Å². The summed E-state index contributed by atoms with van der Waals surface area (Å²) < 4.78 is 5.51. The average molecular weight is 270 g/mol. The Balaban J connectivity index is 2.10. The summed E-state index contributed by atoms with van der Waals surface area (Å²) in [5.41, 5.74) is 0.946. The van der Waals surface area contributed by atoms with Crippen molar-refractivity contribution < 1.29 is 4.74 Å². The summed E-state index contributed by atoms with van der Waals surface area (Å²) in [5.74, 6) is 2.22. The van der Waals surface area contributed by atoms with Crippen molar-refractivity contribution in [3.05, 3.63) is 16.5 Å². The summed E-state index contributed by atoms with van der Waals surface area (Å²) >= 11 is 6.10. The van der Waals surface area contributed by atoms with Crippen LogP contribution in [0.2, 0.25) is 5.15 Å². The Kier molecular flexibility index (Phi) is 4.40. The van der Waals surface area contributed by atoms with Crippen LogP contribution < -0.4 is 4.90 Å². The van der Waals surface area contributed by atoms with E-state index in [0.717, 1.165) is 37.6 Å². The van der Waals surface area contributed by atoms with Gasteiger partial charge in [0.25, 0.3) is 0 Å². The van der Waals surface area contributed by atoms with Gasteiger partial charge in [0.05, 0.1) is 6.61 Å². The van der Waals surface area contributed by atoms with E-state index in [0.29, 0.717) is 16.9 Å². The summed E-state index contributed by atoms with van der Waals surface area (Å²) in [6, 6.07) is 0. The second-order valence-electron chi connectivity index (χ2n) is 4.97. The van der Waals surface area contributed by atoms with E-state index in [2.05, 4.69) is 21.9 Å². The number of rotatable bonds is 3. The highest BCUT2D eigenvalue weighted by molar-refractivity contribution is 6.30. The van der Waals surface area contributed by atoms with Gasteiger partial charge in [-0.05, 0) is 32.6 Å². The molecular weight excluding hydrogens is 250 g/mol. The van der Waals surface area contributed by atoms with Crippen LogP contribution in [0.4, 0.5) is 5.82 Å². The van der Waals surface area contributed by atoms with Crippen LogP contribution in [-0.4, -0.2) is 36.8 Å². The quantitative estimate of drug-likeness (QED) is 0.791. The third-order valence-corrected chi connectivity index (χ3v) is 3.69. The van der Waals surface area contributed by atoms with Gasteiger partial charge in [-0.1, -0.05) is 11.6 Å². The molecule has 1 saturated heterocycles. The van der Waals surface area contributed by atoms with Crippen molar-refractivity contribution in [2.75, 3.05) is 31.7 Å². The summed E-state index contributed by atoms with van der Waals surface area (Å²) in [6.45, 7) is 6.53. The Morgan fingerprint density at radius 2 is 2.17 bits per heavy atom. The number of nitrogens with zero attached hydrogens (tertiary/aromatic N) is 3. The maximum atomic E-state index is 6.10. The molecule has 0 amide bonds. The Bertz CT molecular complexity index is 419. The monoisotopic (exact) mass is 269 g/mol. The van der Waals surface area contributed by atoms with E-state index < -0.39 is 0 Å². The van der Waals surface area contributed by atoms with Gasteiger partial charge < -0.3 is 9.64 Å². The molecule has 1 aromatic heterocycles. The van der Waals surface area contributed by atoms with Crippen LogP contribution in [0.15, 0.2) is 0 Å². The van der Waals surface area contributed by atoms with Crippen LogP contribution in [0.1, 0.15) is 24.2 Å². The van der Waals surface area contributed by atoms with Gasteiger partial charge in [0, 0.05) is 25.8 Å². The molecule has 1 aliphatic heterocycles. The van der Waals surface area contributed by atoms with E-state index in [1.807, 2.05) is 13.8 Å². The first-order valence-corrected chi connectivity index (χ1v) is 6.75. The first-order valence-electron chi connectivity index (χ1n) is 6.37. The van der Waals surface area contributed by atoms with Crippen molar-refractivity contribution in [2.45, 2.75) is 26.7 Å². The maximum absolute atomic E-state index is 6.10. The predicted octanol–water partition coefficient (Wildman–Crippen LogP) is 2.61. The minimum absolute atomic E-state index is 0.546. The van der Waals surface area contributed by atoms with E-state index >= 15 is 0 Å². The SMILES string of the molecule is Cc1nc(Cl)c(C)c(N(C)CC2CCCOC2)n1. The van der Waals surface area contributed by atoms with E-state index in [9.17, 15) is 0 Å². The molecule has 2 rings (SSSR count). The van der Waals surface area contributed by atoms with Crippen molar-refractivity contribution in [2.24, 2.45) is 5.92 Å². The highest BCUT2D eigenvalue weighted by Crippen LogP contribution is 2.24. The van der Waals surface area contributed by atoms with Gasteiger partial charge in [-0.15, -0.1) is 0 Å². The fourth-order valence-electron chi connectivity index (χ4n) is 2.38. The Hall–Kier alpha value is -0.870. The minimum Gasteiger partial charge on any atom is -0.381 e. The Morgan fingerprint density at radius 3 is 2.83 bits per heavy atom. The van der Waals surface area contributed by atoms with E-state index in [-0.39, 0.29) is 0 Å². The topological polar surface area (TPSA) is 38.2 Å². The molecule has 0 bridgehead atoms. The van der Waals surface area contributed by atoms with Crippen LogP contribution in [-0.2, 0) is 4.74 Å². The Morgan fingerprint density at radius 1 is 1.39 bits per heavy atom. The number of hydrogen-bond donors (Lipinski definition) is 0. The van der Waals surface area contributed by atoms with Gasteiger partial charge in [-0.2, -0.15) is 0 Å². The van der Waals surface area contributed by atoms with E-state index in [4.69, 9.17) is 16.3 Å². The van der Waals surface area contributed by atoms with Gasteiger partial charge in [-0.3, -0.25) is 0 Å². The third kappa shape index (κ3) is 3.12. The largest absolute Gasteiger partial charge is 0.381 e. The van der Waals surface area contributed by atoms with Gasteiger partial charge in [0.15, 0.2) is 0 Å². The van der Waals surface area contributed by atoms with Crippen LogP contribution in [0, 0.1) is 19.8 Å². The van der Waals surface area contributed by atoms with Crippen LogP contribution >= 0.6 is 11.6 Å². The number of anilines is 1. The molecule has 1 fully saturated rings. The molecule has 0 N–H and O–H groups in total. The molecule has 1 aliphatic rings. The highest BCUT2D eigenvalue weighted by Gasteiger charge is 2.18. The van der Waals surface area contributed by atoms with Gasteiger partial charge in [-0.25, -0.2) is 9.97 Å². The number of hydrogen-bond acceptors (Lipinski definition) is 4. The van der Waals surface area contributed by atoms with Gasteiger partial charge in [0.1, 0.15) is 16.8 Å². The normalized spacial score (nSPS) is 19.9. The number of aromatic nitrogens is 2. The molecule has 0 spiro atoms. The van der Waals surface area contributed by atoms with Crippen molar-refractivity contribution in [1.82, 2.24) is 9.97 Å². The molecule has 1 unspecified atom stereocenters. The predicted molar refractivity (Wildman–Crippen MR) is 73.3 cm³/mol. The molecule has 0 radical (unpaired) electrons.